The Labute approximate surface area is 818 Å². The fourth-order valence-corrected chi connectivity index (χ4v) is 21.3. The van der Waals surface area contributed by atoms with Gasteiger partial charge in [0.25, 0.3) is 11.8 Å². The zero-order valence-electron chi connectivity index (χ0n) is 84.0. The minimum atomic E-state index is -0.879. The zero-order valence-corrected chi connectivity index (χ0v) is 84.0. The number of aliphatic hydroxyl groups excluding tert-OH is 6. The van der Waals surface area contributed by atoms with Crippen molar-refractivity contribution in [3.63, 3.8) is 0 Å². The third kappa shape index (κ3) is 23.3. The lowest BCUT2D eigenvalue weighted by atomic mass is 9.93. The first kappa shape index (κ1) is 106. The number of carbonyl (C=O) groups is 7. The number of hydrogen-bond donors (Lipinski definition) is 25. The van der Waals surface area contributed by atoms with E-state index in [9.17, 15) is 64.2 Å². The van der Waals surface area contributed by atoms with Gasteiger partial charge in [-0.15, -0.1) is 0 Å². The van der Waals surface area contributed by atoms with Crippen molar-refractivity contribution in [2.75, 3.05) is 47.3 Å². The summed E-state index contributed by atoms with van der Waals surface area (Å²) in [6, 6.07) is -0.419. The molecule has 0 bridgehead atoms. The molecule has 46 heteroatoms. The Morgan fingerprint density at radius 3 is 1.26 bits per heavy atom. The summed E-state index contributed by atoms with van der Waals surface area (Å²) in [5, 5.41) is 113. The largest absolute Gasteiger partial charge is 0.392 e. The average molecular weight is 1950 g/mol. The molecule has 0 aromatic heterocycles. The fourth-order valence-electron chi connectivity index (χ4n) is 21.3. The second-order valence-electron chi connectivity index (χ2n) is 44.1. The zero-order chi connectivity index (χ0) is 103. The standard InChI is InChI=1S/C17H27N5O3.C16H25N5O3.2C15H23N5O2.C12H19N5O.C6H8N4O.C5H6N4O.2C4H10/c1-17(2,3)22-6-7(10-14(22)20-16(18)21-15(10)25)5-19-11-8-4-9(8)12(23)13(11)24;1-16(2,3)21-7-8(6-18-9-4-5-10(22)12(9)23)11-13(21)19-15(17)20-14(11)24;2*1-6-11(8-3-9(8)12(6)21)17-4-7-5-20(2)13-10(7)14(22)19-15(16)18-13;1-6(13)7-5-17(12(2,3)4)9-8(7)10(18)16-11(14)15-9;1-10-3-9-5-4(6(10)11)7-2-8-5;10-5-3-4(7-1-6-3)8-2-9-5;2*1-4(2)3/h6,8-14,19,23-24H,4-5H2,1-3H3,(H3,18,20,21,25);4-5,7,9-13,18,22-23H,6H2,1-3H3,(H3,17,19,20,24);2*5-6,8-13,17,21H,3-4H2,1-2H3,(H3,16,18,19,22);5,8-9,13H,1-4H3,(H3,14,15,16,18);2-5H,1H3,(H,7,8);1-4H,(H,6,7)(H,8,9,10);2*4H,1-3H3. The molecule has 7 aliphatic carbocycles. The molecule has 7 amide bonds. The number of nitrogens with zero attached hydrogens (tertiary/aromatic N) is 14. The Morgan fingerprint density at radius 2 is 0.857 bits per heavy atom. The summed E-state index contributed by atoms with van der Waals surface area (Å²) in [4.78, 5) is 128. The van der Waals surface area contributed by atoms with E-state index >= 15 is 0 Å². The Bertz CT molecular complexity index is 5030. The first-order valence-electron chi connectivity index (χ1n) is 48.6. The van der Waals surface area contributed by atoms with Crippen molar-refractivity contribution in [2.24, 2.45) is 152 Å². The molecule has 0 radical (unpaired) electrons. The van der Waals surface area contributed by atoms with Crippen molar-refractivity contribution in [1.82, 2.24) is 98.5 Å². The molecule has 32 unspecified atom stereocenters. The van der Waals surface area contributed by atoms with Gasteiger partial charge in [-0.1, -0.05) is 67.5 Å². The molecule has 0 aromatic carbocycles. The summed E-state index contributed by atoms with van der Waals surface area (Å²) in [7, 11) is 5.51. The van der Waals surface area contributed by atoms with Crippen LogP contribution in [0.25, 0.3) is 0 Å². The number of carbonyl (C=O) groups excluding carboxylic acids is 7. The third-order valence-electron chi connectivity index (χ3n) is 28.6. The van der Waals surface area contributed by atoms with Crippen molar-refractivity contribution in [3.8, 4) is 0 Å². The van der Waals surface area contributed by atoms with E-state index in [-0.39, 0.29) is 197 Å². The molecule has 14 heterocycles. The molecule has 46 nitrogen and oxygen atoms in total. The van der Waals surface area contributed by atoms with Gasteiger partial charge >= 0.3 is 0 Å². The predicted octanol–water partition coefficient (Wildman–Crippen LogP) is -3.83. The van der Waals surface area contributed by atoms with E-state index in [4.69, 9.17) is 33.8 Å². The maximum absolute atomic E-state index is 12.5. The van der Waals surface area contributed by atoms with Crippen LogP contribution in [0.5, 0.6) is 0 Å². The van der Waals surface area contributed by atoms with Gasteiger partial charge in [0.1, 0.15) is 72.6 Å². The monoisotopic (exact) mass is 1950 g/mol. The maximum atomic E-state index is 12.5. The Hall–Kier alpha value is -11.4. The number of amides is 7. The highest BCUT2D eigenvalue weighted by Crippen LogP contribution is 2.56. The number of aliphatic imine (C=N–C) groups is 8. The van der Waals surface area contributed by atoms with Crippen LogP contribution in [-0.4, -0.2) is 342 Å². The third-order valence-corrected chi connectivity index (χ3v) is 28.6. The highest BCUT2D eigenvalue weighted by Gasteiger charge is 2.62. The molecule has 0 aromatic rings. The van der Waals surface area contributed by atoms with Crippen LogP contribution >= 0.6 is 0 Å². The van der Waals surface area contributed by atoms with E-state index in [0.717, 1.165) is 53.4 Å². The normalized spacial score (nSPS) is 37.3. The number of aliphatic hydroxyl groups is 6. The topological polar surface area (TPSA) is 667 Å². The lowest BCUT2D eigenvalue weighted by molar-refractivity contribution is -0.128. The molecule has 21 rings (SSSR count). The van der Waals surface area contributed by atoms with Crippen LogP contribution in [0.2, 0.25) is 0 Å². The van der Waals surface area contributed by atoms with E-state index in [1.54, 1.807) is 26.1 Å². The minimum absolute atomic E-state index is 0.00810. The van der Waals surface area contributed by atoms with Crippen molar-refractivity contribution < 1.29 is 64.2 Å². The molecule has 29 N–H and O–H groups in total. The van der Waals surface area contributed by atoms with E-state index in [1.807, 2.05) is 85.5 Å². The minimum Gasteiger partial charge on any atom is -0.392 e. The van der Waals surface area contributed by atoms with Gasteiger partial charge in [-0.05, 0) is 170 Å². The summed E-state index contributed by atoms with van der Waals surface area (Å²) in [6.45, 7) is 39.6. The second kappa shape index (κ2) is 42.4. The number of guanidine groups is 5. The van der Waals surface area contributed by atoms with Gasteiger partial charge in [-0.3, -0.25) is 70.5 Å². The molecule has 32 atom stereocenters. The first-order valence-corrected chi connectivity index (χ1v) is 48.6. The van der Waals surface area contributed by atoms with Crippen molar-refractivity contribution in [3.05, 3.63) is 71.0 Å². The van der Waals surface area contributed by atoms with E-state index in [1.165, 1.54) is 30.3 Å². The molecule has 21 aliphatic rings. The quantitative estimate of drug-likeness (QED) is 0.0620. The smallest absolute Gasteiger partial charge is 0.256 e. The summed E-state index contributed by atoms with van der Waals surface area (Å²) in [6.07, 6.45) is 16.9. The van der Waals surface area contributed by atoms with Crippen molar-refractivity contribution in [2.45, 2.75) is 277 Å². The highest BCUT2D eigenvalue weighted by atomic mass is 16.3. The molecule has 140 heavy (non-hydrogen) atoms. The summed E-state index contributed by atoms with van der Waals surface area (Å²) < 4.78 is 0. The molecule has 1 saturated heterocycles. The molecule has 0 spiro atoms. The Morgan fingerprint density at radius 1 is 0.464 bits per heavy atom. The number of likely N-dealkylation sites (N-methyl/N-ethyl adjacent to an activating group) is 1. The van der Waals surface area contributed by atoms with Crippen LogP contribution in [-0.2, 0) is 33.6 Å². The SMILES string of the molecule is CC(=N)C1=CN(C(C)(C)C)C2NC(=N)NC(=O)C12.CC(C)(C)N1C=C(CNC2C(O)C(O)C3CC32)C2C(=O)NC(N)=NC21.CC(C)(C)N1C=C(CNC2C=CC(O)C2O)C2C(=O)NC(N)=NC21.CC(C)C.CC(C)C.CC1C(O)C2CC2C1NCC1=CN(C)C2N=C(N)NC(=O)C12.CC1C(O)C2CC2C1NCC1=CN(C)C2N=C(N)NC(=O)C12.CN1C=NC2NC=NC2C1=O.O=C1NC=NC2N=CNC12. The van der Waals surface area contributed by atoms with Crippen LogP contribution in [0.15, 0.2) is 111 Å². The number of nitrogens with two attached hydrogens (primary N) is 4. The fraction of sp³-hybridized carbons (Fsp3) is 0.691. The molecule has 7 fully saturated rings. The van der Waals surface area contributed by atoms with Gasteiger partial charge in [0.2, 0.25) is 29.5 Å². The number of fused-ring (bicyclic) bond motifs is 10. The summed E-state index contributed by atoms with van der Waals surface area (Å²) >= 11 is 0. The van der Waals surface area contributed by atoms with Crippen LogP contribution in [0.3, 0.4) is 0 Å². The van der Waals surface area contributed by atoms with Gasteiger partial charge in [-0.25, -0.2) is 34.9 Å². The average Bonchev–Trinajstić information content (AvgIpc) is 1.58. The van der Waals surface area contributed by atoms with E-state index in [2.05, 4.69) is 211 Å². The Balaban J connectivity index is 0.000000138. The molecule has 14 aliphatic heterocycles. The highest BCUT2D eigenvalue weighted by molar-refractivity contribution is 6.09. The van der Waals surface area contributed by atoms with Crippen molar-refractivity contribution in [1.29, 1.82) is 10.8 Å². The molecule has 770 valence electrons. The van der Waals surface area contributed by atoms with Gasteiger partial charge in [0.15, 0.2) is 48.2 Å². The van der Waals surface area contributed by atoms with E-state index < -0.39 is 42.2 Å². The van der Waals surface area contributed by atoms with Crippen LogP contribution in [0.4, 0.5) is 0 Å². The Kier molecular flexibility index (Phi) is 32.1. The predicted molar refractivity (Wildman–Crippen MR) is 531 cm³/mol. The second-order valence-corrected chi connectivity index (χ2v) is 44.1. The van der Waals surface area contributed by atoms with Crippen LogP contribution in [0, 0.1) is 99.6 Å². The number of rotatable bonds is 13. The van der Waals surface area contributed by atoms with Gasteiger partial charge in [0, 0.05) is 124 Å². The lowest BCUT2D eigenvalue weighted by Crippen LogP contribution is -2.64. The van der Waals surface area contributed by atoms with Gasteiger partial charge in [-0.2, -0.15) is 0 Å². The van der Waals surface area contributed by atoms with Gasteiger partial charge in [0.05, 0.1) is 61.9 Å². The maximum Gasteiger partial charge on any atom is 0.256 e. The molecular formula is C94H151N33O13. The molecular weight excluding hydrogens is 1800 g/mol. The lowest BCUT2D eigenvalue weighted by Gasteiger charge is -2.41. The van der Waals surface area contributed by atoms with Crippen LogP contribution in [0.1, 0.15) is 144 Å². The van der Waals surface area contributed by atoms with E-state index in [0.29, 0.717) is 79.1 Å². The van der Waals surface area contributed by atoms with Crippen LogP contribution < -0.4 is 92.1 Å². The van der Waals surface area contributed by atoms with Gasteiger partial charge < -0.3 is 131 Å². The number of nitrogens with one attached hydrogen (secondary N) is 15. The summed E-state index contributed by atoms with van der Waals surface area (Å²) in [5.74, 6) is 3.01. The first-order chi connectivity index (χ1) is 65.6. The molecule has 6 saturated carbocycles. The van der Waals surface area contributed by atoms with Crippen molar-refractivity contribution >= 4 is 102 Å². The number of hydrogen-bond acceptors (Lipinski definition) is 38. The summed E-state index contributed by atoms with van der Waals surface area (Å²) in [5.41, 5.74) is 27.2.